The van der Waals surface area contributed by atoms with Gasteiger partial charge in [0.15, 0.2) is 11.5 Å². The second-order valence-corrected chi connectivity index (χ2v) is 7.65. The van der Waals surface area contributed by atoms with Crippen molar-refractivity contribution in [3.8, 4) is 11.5 Å². The van der Waals surface area contributed by atoms with Crippen LogP contribution in [0.15, 0.2) is 41.3 Å². The third kappa shape index (κ3) is 4.29. The Morgan fingerprint density at radius 2 is 1.89 bits per heavy atom. The normalized spacial score (nSPS) is 15.4. The van der Waals surface area contributed by atoms with Crippen LogP contribution < -0.4 is 9.47 Å². The van der Waals surface area contributed by atoms with Crippen molar-refractivity contribution >= 4 is 52.2 Å². The summed E-state index contributed by atoms with van der Waals surface area (Å²) in [5, 5.41) is 0.643. The number of rotatable bonds is 6. The molecule has 0 bridgehead atoms. The zero-order chi connectivity index (χ0) is 20.3. The molecule has 0 aromatic heterocycles. The van der Waals surface area contributed by atoms with E-state index in [0.29, 0.717) is 38.6 Å². The topological polar surface area (TPSA) is 55.8 Å². The lowest BCUT2D eigenvalue weighted by molar-refractivity contribution is -0.122. The molecule has 1 aliphatic heterocycles. The molecule has 2 amide bonds. The van der Waals surface area contributed by atoms with E-state index in [4.69, 9.17) is 32.7 Å². The molecule has 0 atom stereocenters. The molecule has 0 radical (unpaired) electrons. The van der Waals surface area contributed by atoms with Crippen LogP contribution in [0.4, 0.5) is 4.79 Å². The molecule has 2 aromatic carbocycles. The van der Waals surface area contributed by atoms with Crippen molar-refractivity contribution in [3.05, 3.63) is 62.5 Å². The zero-order valence-corrected chi connectivity index (χ0v) is 17.5. The third-order valence-electron chi connectivity index (χ3n) is 4.07. The van der Waals surface area contributed by atoms with Gasteiger partial charge in [-0.3, -0.25) is 14.5 Å². The van der Waals surface area contributed by atoms with Crippen LogP contribution in [0.3, 0.4) is 0 Å². The monoisotopic (exact) mass is 437 g/mol. The van der Waals surface area contributed by atoms with Crippen molar-refractivity contribution in [2.24, 2.45) is 0 Å². The first kappa shape index (κ1) is 20.6. The Balaban J connectivity index is 1.86. The average Bonchev–Trinajstić information content (AvgIpc) is 2.94. The molecule has 8 heteroatoms. The van der Waals surface area contributed by atoms with Gasteiger partial charge in [-0.05, 0) is 48.5 Å². The van der Waals surface area contributed by atoms with Gasteiger partial charge in [-0.25, -0.2) is 0 Å². The molecule has 28 heavy (non-hydrogen) atoms. The Morgan fingerprint density at radius 1 is 1.14 bits per heavy atom. The molecule has 1 saturated heterocycles. The minimum atomic E-state index is -0.313. The number of carbonyl (C=O) groups excluding carboxylic acids is 2. The summed E-state index contributed by atoms with van der Waals surface area (Å²) in [6.07, 6.45) is 1.62. The Kier molecular flexibility index (Phi) is 6.54. The average molecular weight is 438 g/mol. The summed E-state index contributed by atoms with van der Waals surface area (Å²) in [6.45, 7) is 2.32. The maximum absolute atomic E-state index is 12.3. The Labute approximate surface area is 177 Å². The molecule has 0 spiro atoms. The number of imide groups is 1. The van der Waals surface area contributed by atoms with Crippen LogP contribution in [-0.4, -0.2) is 29.7 Å². The van der Waals surface area contributed by atoms with Gasteiger partial charge in [0.2, 0.25) is 0 Å². The van der Waals surface area contributed by atoms with Crippen LogP contribution in [0.5, 0.6) is 11.5 Å². The molecule has 0 aliphatic carbocycles. The fourth-order valence-electron chi connectivity index (χ4n) is 2.65. The number of likely N-dealkylation sites (N-methyl/N-ethyl adjacent to an activating group) is 1. The van der Waals surface area contributed by atoms with Crippen molar-refractivity contribution < 1.29 is 19.1 Å². The van der Waals surface area contributed by atoms with Crippen LogP contribution in [0.1, 0.15) is 18.1 Å². The summed E-state index contributed by atoms with van der Waals surface area (Å²) >= 11 is 13.4. The number of nitrogens with zero attached hydrogens (tertiary/aromatic N) is 1. The molecule has 5 nitrogen and oxygen atoms in total. The summed E-state index contributed by atoms with van der Waals surface area (Å²) in [4.78, 5) is 25.7. The van der Waals surface area contributed by atoms with Gasteiger partial charge in [0, 0.05) is 17.1 Å². The minimum Gasteiger partial charge on any atom is -0.493 e. The van der Waals surface area contributed by atoms with Crippen LogP contribution in [0.25, 0.3) is 6.08 Å². The van der Waals surface area contributed by atoms with Crippen LogP contribution in [0, 0.1) is 0 Å². The van der Waals surface area contributed by atoms with E-state index in [1.54, 1.807) is 31.2 Å². The van der Waals surface area contributed by atoms with E-state index in [2.05, 4.69) is 0 Å². The Morgan fingerprint density at radius 3 is 2.54 bits per heavy atom. The summed E-state index contributed by atoms with van der Waals surface area (Å²) < 4.78 is 11.2. The van der Waals surface area contributed by atoms with E-state index in [-0.39, 0.29) is 17.8 Å². The maximum atomic E-state index is 12.3. The van der Waals surface area contributed by atoms with Crippen LogP contribution >= 0.6 is 35.0 Å². The van der Waals surface area contributed by atoms with Gasteiger partial charge >= 0.3 is 0 Å². The van der Waals surface area contributed by atoms with E-state index in [0.717, 1.165) is 17.3 Å². The highest BCUT2D eigenvalue weighted by Crippen LogP contribution is 2.39. The van der Waals surface area contributed by atoms with Gasteiger partial charge in [-0.2, -0.15) is 0 Å². The lowest BCUT2D eigenvalue weighted by Gasteiger charge is -2.14. The van der Waals surface area contributed by atoms with Crippen LogP contribution in [-0.2, 0) is 11.4 Å². The number of amides is 2. The quantitative estimate of drug-likeness (QED) is 0.547. The second-order valence-electron chi connectivity index (χ2n) is 5.84. The molecule has 1 fully saturated rings. The standard InChI is InChI=1S/C20H17Cl2NO4S/c1-3-23-19(24)17(28-20(23)25)10-12-8-15(22)18(16(9-12)26-2)27-11-13-6-4-5-7-14(13)21/h4-10H,3,11H2,1-2H3/b17-10+. The lowest BCUT2D eigenvalue weighted by atomic mass is 10.1. The third-order valence-corrected chi connectivity index (χ3v) is 5.63. The second kappa shape index (κ2) is 8.90. The summed E-state index contributed by atoms with van der Waals surface area (Å²) in [5.74, 6) is 0.482. The molecule has 1 heterocycles. The van der Waals surface area contributed by atoms with Crippen molar-refractivity contribution in [2.75, 3.05) is 13.7 Å². The van der Waals surface area contributed by atoms with E-state index in [9.17, 15) is 9.59 Å². The molecule has 2 aromatic rings. The number of carbonyl (C=O) groups is 2. The molecule has 1 aliphatic rings. The number of methoxy groups -OCH3 is 1. The zero-order valence-electron chi connectivity index (χ0n) is 15.2. The fourth-order valence-corrected chi connectivity index (χ4v) is 4.02. The van der Waals surface area contributed by atoms with Crippen LogP contribution in [0.2, 0.25) is 10.0 Å². The highest BCUT2D eigenvalue weighted by atomic mass is 35.5. The number of thioether (sulfide) groups is 1. The van der Waals surface area contributed by atoms with Gasteiger partial charge in [-0.1, -0.05) is 41.4 Å². The molecule has 146 valence electrons. The number of hydrogen-bond acceptors (Lipinski definition) is 5. The SMILES string of the molecule is CCN1C(=O)S/C(=C/c2cc(Cl)c(OCc3ccccc3Cl)c(OC)c2)C1=O. The first-order valence-electron chi connectivity index (χ1n) is 8.43. The maximum Gasteiger partial charge on any atom is 0.293 e. The fraction of sp³-hybridized carbons (Fsp3) is 0.200. The summed E-state index contributed by atoms with van der Waals surface area (Å²) in [7, 11) is 1.50. The van der Waals surface area contributed by atoms with Crippen molar-refractivity contribution in [1.82, 2.24) is 4.90 Å². The van der Waals surface area contributed by atoms with Gasteiger partial charge in [0.05, 0.1) is 17.0 Å². The molecule has 0 unspecified atom stereocenters. The van der Waals surface area contributed by atoms with E-state index < -0.39 is 0 Å². The molecule has 0 saturated carbocycles. The molecule has 0 N–H and O–H groups in total. The first-order chi connectivity index (χ1) is 13.4. The first-order valence-corrected chi connectivity index (χ1v) is 10.0. The lowest BCUT2D eigenvalue weighted by Crippen LogP contribution is -2.27. The predicted molar refractivity (Wildman–Crippen MR) is 112 cm³/mol. The van der Waals surface area contributed by atoms with E-state index in [1.165, 1.54) is 12.0 Å². The van der Waals surface area contributed by atoms with E-state index in [1.807, 2.05) is 18.2 Å². The van der Waals surface area contributed by atoms with Gasteiger partial charge in [-0.15, -0.1) is 0 Å². The Hall–Kier alpha value is -2.15. The number of ether oxygens (including phenoxy) is 2. The van der Waals surface area contributed by atoms with Gasteiger partial charge < -0.3 is 9.47 Å². The van der Waals surface area contributed by atoms with Gasteiger partial charge in [0.25, 0.3) is 11.1 Å². The molecular weight excluding hydrogens is 421 g/mol. The van der Waals surface area contributed by atoms with Crippen molar-refractivity contribution in [2.45, 2.75) is 13.5 Å². The number of benzene rings is 2. The number of halogens is 2. The number of hydrogen-bond donors (Lipinski definition) is 0. The molecular formula is C20H17Cl2NO4S. The van der Waals surface area contributed by atoms with Crippen molar-refractivity contribution in [3.63, 3.8) is 0 Å². The largest absolute Gasteiger partial charge is 0.493 e. The highest BCUT2D eigenvalue weighted by molar-refractivity contribution is 8.18. The summed E-state index contributed by atoms with van der Waals surface area (Å²) in [5.41, 5.74) is 1.45. The highest BCUT2D eigenvalue weighted by Gasteiger charge is 2.33. The smallest absolute Gasteiger partial charge is 0.293 e. The predicted octanol–water partition coefficient (Wildman–Crippen LogP) is 5.64. The van der Waals surface area contributed by atoms with Gasteiger partial charge in [0.1, 0.15) is 6.61 Å². The minimum absolute atomic E-state index is 0.227. The Bertz CT molecular complexity index is 961. The summed E-state index contributed by atoms with van der Waals surface area (Å²) in [6, 6.07) is 10.7. The van der Waals surface area contributed by atoms with E-state index >= 15 is 0 Å². The molecule has 3 rings (SSSR count). The van der Waals surface area contributed by atoms with Crippen molar-refractivity contribution in [1.29, 1.82) is 0 Å².